The van der Waals surface area contributed by atoms with E-state index in [1.807, 2.05) is 18.2 Å². The maximum atomic E-state index is 5.83. The van der Waals surface area contributed by atoms with Gasteiger partial charge in [0.15, 0.2) is 0 Å². The molecule has 0 heterocycles. The van der Waals surface area contributed by atoms with Crippen LogP contribution in [0.2, 0.25) is 0 Å². The van der Waals surface area contributed by atoms with Gasteiger partial charge in [-0.1, -0.05) is 19.1 Å². The zero-order valence-corrected chi connectivity index (χ0v) is 10.6. The van der Waals surface area contributed by atoms with E-state index in [0.717, 1.165) is 29.8 Å². The zero-order chi connectivity index (χ0) is 11.3. The molecule has 0 aromatic heterocycles. The summed E-state index contributed by atoms with van der Waals surface area (Å²) >= 11 is 3.39. The lowest BCUT2D eigenvalue weighted by Crippen LogP contribution is -2.22. The van der Waals surface area contributed by atoms with Crippen LogP contribution in [0.3, 0.4) is 0 Å². The van der Waals surface area contributed by atoms with Gasteiger partial charge in [0.2, 0.25) is 0 Å². The Kier molecular flexibility index (Phi) is 4.85. The first-order valence-electron chi connectivity index (χ1n) is 5.04. The summed E-state index contributed by atoms with van der Waals surface area (Å²) in [5.74, 6) is 0. The summed E-state index contributed by atoms with van der Waals surface area (Å²) in [6, 6.07) is 6.09. The number of nitrogens with two attached hydrogens (primary N) is 1. The molecule has 3 heteroatoms. The zero-order valence-electron chi connectivity index (χ0n) is 9.04. The van der Waals surface area contributed by atoms with Gasteiger partial charge in [0.05, 0.1) is 0 Å². The van der Waals surface area contributed by atoms with E-state index in [4.69, 9.17) is 5.73 Å². The average Bonchev–Trinajstić information content (AvgIpc) is 2.23. The maximum Gasteiger partial charge on any atom is 0.0461 e. The lowest BCUT2D eigenvalue weighted by atomic mass is 10.2. The van der Waals surface area contributed by atoms with E-state index in [1.54, 1.807) is 0 Å². The Balaban J connectivity index is 2.70. The van der Waals surface area contributed by atoms with Crippen LogP contribution in [0.4, 0.5) is 5.69 Å². The first-order valence-corrected chi connectivity index (χ1v) is 5.83. The fourth-order valence-corrected chi connectivity index (χ4v) is 1.68. The summed E-state index contributed by atoms with van der Waals surface area (Å²) in [5.41, 5.74) is 7.86. The average molecular weight is 269 g/mol. The second-order valence-electron chi connectivity index (χ2n) is 3.47. The van der Waals surface area contributed by atoms with Crippen LogP contribution >= 0.6 is 15.9 Å². The number of rotatable bonds is 5. The Morgan fingerprint density at radius 1 is 1.53 bits per heavy atom. The van der Waals surface area contributed by atoms with Gasteiger partial charge in [-0.05, 0) is 40.2 Å². The van der Waals surface area contributed by atoms with Crippen LogP contribution < -0.4 is 5.73 Å². The molecule has 1 aromatic rings. The van der Waals surface area contributed by atoms with E-state index in [2.05, 4.69) is 40.4 Å². The molecule has 0 aliphatic rings. The van der Waals surface area contributed by atoms with E-state index in [0.29, 0.717) is 0 Å². The van der Waals surface area contributed by atoms with Crippen LogP contribution in [-0.4, -0.2) is 18.0 Å². The fraction of sp³-hybridized carbons (Fsp3) is 0.333. The molecule has 0 fully saturated rings. The molecular weight excluding hydrogens is 252 g/mol. The van der Waals surface area contributed by atoms with Crippen LogP contribution in [0, 0.1) is 0 Å². The van der Waals surface area contributed by atoms with E-state index in [9.17, 15) is 0 Å². The monoisotopic (exact) mass is 268 g/mol. The molecule has 0 unspecified atom stereocenters. The molecule has 0 radical (unpaired) electrons. The van der Waals surface area contributed by atoms with E-state index >= 15 is 0 Å². The highest BCUT2D eigenvalue weighted by Gasteiger charge is 2.03. The summed E-state index contributed by atoms with van der Waals surface area (Å²) < 4.78 is 0.956. The van der Waals surface area contributed by atoms with Crippen molar-refractivity contribution in [3.8, 4) is 0 Å². The van der Waals surface area contributed by atoms with Crippen molar-refractivity contribution in [3.05, 3.63) is 40.9 Å². The largest absolute Gasteiger partial charge is 0.398 e. The van der Waals surface area contributed by atoms with Crippen molar-refractivity contribution >= 4 is 21.6 Å². The highest BCUT2D eigenvalue weighted by molar-refractivity contribution is 9.10. The van der Waals surface area contributed by atoms with E-state index < -0.39 is 0 Å². The van der Waals surface area contributed by atoms with Gasteiger partial charge in [-0.25, -0.2) is 0 Å². The second-order valence-corrected chi connectivity index (χ2v) is 4.33. The first kappa shape index (κ1) is 12.3. The molecular formula is C12H17BrN2. The first-order chi connectivity index (χ1) is 7.17. The third-order valence-corrected chi connectivity index (χ3v) is 3.02. The molecule has 82 valence electrons. The number of nitrogen functional groups attached to an aromatic ring is 1. The van der Waals surface area contributed by atoms with Gasteiger partial charge in [-0.15, -0.1) is 6.58 Å². The third kappa shape index (κ3) is 3.68. The molecule has 2 nitrogen and oxygen atoms in total. The van der Waals surface area contributed by atoms with Crippen LogP contribution in [-0.2, 0) is 6.54 Å². The Morgan fingerprint density at radius 3 is 2.80 bits per heavy atom. The van der Waals surface area contributed by atoms with Crippen LogP contribution in [0.15, 0.2) is 35.3 Å². The van der Waals surface area contributed by atoms with Gasteiger partial charge >= 0.3 is 0 Å². The molecule has 2 N–H and O–H groups in total. The summed E-state index contributed by atoms with van der Waals surface area (Å²) in [6.07, 6.45) is 1.92. The van der Waals surface area contributed by atoms with Gasteiger partial charge in [0.1, 0.15) is 0 Å². The van der Waals surface area contributed by atoms with Gasteiger partial charge in [0.25, 0.3) is 0 Å². The number of likely N-dealkylation sites (N-methyl/N-ethyl adjacent to an activating group) is 1. The minimum atomic E-state index is 0.794. The Morgan fingerprint density at radius 2 is 2.27 bits per heavy atom. The molecule has 0 aliphatic carbocycles. The minimum absolute atomic E-state index is 0.794. The predicted molar refractivity (Wildman–Crippen MR) is 69.7 cm³/mol. The van der Waals surface area contributed by atoms with E-state index in [-0.39, 0.29) is 0 Å². The van der Waals surface area contributed by atoms with Crippen LogP contribution in [0.1, 0.15) is 12.5 Å². The number of anilines is 1. The Hall–Kier alpha value is -0.800. The van der Waals surface area contributed by atoms with Crippen molar-refractivity contribution in [1.29, 1.82) is 0 Å². The number of nitrogens with zero attached hydrogens (tertiary/aromatic N) is 1. The Labute approximate surface area is 99.9 Å². The van der Waals surface area contributed by atoms with Gasteiger partial charge in [-0.3, -0.25) is 4.90 Å². The van der Waals surface area contributed by atoms with Gasteiger partial charge < -0.3 is 5.73 Å². The molecule has 1 rings (SSSR count). The third-order valence-electron chi connectivity index (χ3n) is 2.30. The number of hydrogen-bond acceptors (Lipinski definition) is 2. The number of hydrogen-bond donors (Lipinski definition) is 1. The molecule has 0 amide bonds. The summed E-state index contributed by atoms with van der Waals surface area (Å²) in [4.78, 5) is 2.30. The SMILES string of the molecule is C=CCN(CC)Cc1ccc(Br)c(N)c1. The van der Waals surface area contributed by atoms with Crippen molar-refractivity contribution in [2.45, 2.75) is 13.5 Å². The maximum absolute atomic E-state index is 5.83. The van der Waals surface area contributed by atoms with Crippen molar-refractivity contribution in [2.75, 3.05) is 18.8 Å². The molecule has 15 heavy (non-hydrogen) atoms. The van der Waals surface area contributed by atoms with Crippen LogP contribution in [0.5, 0.6) is 0 Å². The second kappa shape index (κ2) is 5.93. The number of benzene rings is 1. The number of halogens is 1. The predicted octanol–water partition coefficient (Wildman–Crippen LogP) is 3.04. The molecule has 0 aliphatic heterocycles. The van der Waals surface area contributed by atoms with Crippen LogP contribution in [0.25, 0.3) is 0 Å². The summed E-state index contributed by atoms with van der Waals surface area (Å²) in [5, 5.41) is 0. The molecule has 0 saturated heterocycles. The smallest absolute Gasteiger partial charge is 0.0461 e. The topological polar surface area (TPSA) is 29.3 Å². The van der Waals surface area contributed by atoms with Gasteiger partial charge in [0, 0.05) is 23.2 Å². The van der Waals surface area contributed by atoms with Crippen molar-refractivity contribution in [2.24, 2.45) is 0 Å². The lowest BCUT2D eigenvalue weighted by Gasteiger charge is -2.18. The summed E-state index contributed by atoms with van der Waals surface area (Å²) in [7, 11) is 0. The lowest BCUT2D eigenvalue weighted by molar-refractivity contribution is 0.311. The molecule has 0 saturated carbocycles. The highest BCUT2D eigenvalue weighted by atomic mass is 79.9. The highest BCUT2D eigenvalue weighted by Crippen LogP contribution is 2.20. The normalized spacial score (nSPS) is 10.6. The molecule has 1 aromatic carbocycles. The molecule has 0 bridgehead atoms. The van der Waals surface area contributed by atoms with Gasteiger partial charge in [-0.2, -0.15) is 0 Å². The summed E-state index contributed by atoms with van der Waals surface area (Å²) in [6.45, 7) is 8.73. The fourth-order valence-electron chi connectivity index (χ4n) is 1.44. The van der Waals surface area contributed by atoms with E-state index in [1.165, 1.54) is 5.56 Å². The van der Waals surface area contributed by atoms with Crippen molar-refractivity contribution in [3.63, 3.8) is 0 Å². The molecule has 0 atom stereocenters. The minimum Gasteiger partial charge on any atom is -0.398 e. The van der Waals surface area contributed by atoms with Crippen molar-refractivity contribution in [1.82, 2.24) is 4.90 Å². The quantitative estimate of drug-likeness (QED) is 0.657. The Bertz CT molecular complexity index is 336. The molecule has 0 spiro atoms. The van der Waals surface area contributed by atoms with Crippen molar-refractivity contribution < 1.29 is 0 Å². The standard InChI is InChI=1S/C12H17BrN2/c1-3-7-15(4-2)9-10-5-6-11(13)12(14)8-10/h3,5-6,8H,1,4,7,9,14H2,2H3.